The van der Waals surface area contributed by atoms with Gasteiger partial charge in [-0.2, -0.15) is 0 Å². The van der Waals surface area contributed by atoms with Crippen molar-refractivity contribution >= 4 is 11.5 Å². The van der Waals surface area contributed by atoms with Gasteiger partial charge in [0, 0.05) is 38.3 Å². The number of carbonyl (C=O) groups is 1. The Morgan fingerprint density at radius 1 is 1.10 bits per heavy atom. The van der Waals surface area contributed by atoms with Crippen LogP contribution in [0.25, 0.3) is 0 Å². The third-order valence-electron chi connectivity index (χ3n) is 4.94. The highest BCUT2D eigenvalue weighted by Gasteiger charge is 2.32. The predicted octanol–water partition coefficient (Wildman–Crippen LogP) is 2.55. The van der Waals surface area contributed by atoms with Crippen molar-refractivity contribution in [3.8, 4) is 0 Å². The van der Waals surface area contributed by atoms with Crippen molar-refractivity contribution in [1.82, 2.24) is 4.90 Å². The van der Waals surface area contributed by atoms with Crippen LogP contribution in [0.15, 0.2) is 18.2 Å². The lowest BCUT2D eigenvalue weighted by molar-refractivity contribution is -0.122. The van der Waals surface area contributed by atoms with Crippen LogP contribution in [-0.4, -0.2) is 42.9 Å². The second-order valence-corrected chi connectivity index (χ2v) is 6.12. The maximum absolute atomic E-state index is 11.9. The summed E-state index contributed by atoms with van der Waals surface area (Å²) in [7, 11) is 0. The zero-order chi connectivity index (χ0) is 14.1. The molecule has 0 radical (unpaired) electrons. The number of carbonyl (C=O) groups excluding carboxylic acids is 1. The molecule has 20 heavy (non-hydrogen) atoms. The largest absolute Gasteiger partial charge is 0.369 e. The molecule has 1 heterocycles. The Bertz CT molecular complexity index is 504. The smallest absolute Gasteiger partial charge is 0.149 e. The fourth-order valence-electron chi connectivity index (χ4n) is 3.54. The molecule has 1 atom stereocenters. The van der Waals surface area contributed by atoms with Gasteiger partial charge < -0.3 is 4.90 Å². The van der Waals surface area contributed by atoms with E-state index in [1.807, 2.05) is 0 Å². The van der Waals surface area contributed by atoms with E-state index in [0.29, 0.717) is 5.78 Å². The molecule has 3 heteroatoms. The summed E-state index contributed by atoms with van der Waals surface area (Å²) in [5.74, 6) is 0.463. The summed E-state index contributed by atoms with van der Waals surface area (Å²) >= 11 is 0. The van der Waals surface area contributed by atoms with E-state index in [2.05, 4.69) is 41.8 Å². The van der Waals surface area contributed by atoms with Crippen molar-refractivity contribution in [2.24, 2.45) is 0 Å². The van der Waals surface area contributed by atoms with Crippen molar-refractivity contribution in [1.29, 1.82) is 0 Å². The van der Waals surface area contributed by atoms with E-state index in [1.165, 1.54) is 16.8 Å². The van der Waals surface area contributed by atoms with E-state index in [1.54, 1.807) is 0 Å². The summed E-state index contributed by atoms with van der Waals surface area (Å²) in [6.07, 6.45) is 2.95. The average Bonchev–Trinajstić information content (AvgIpc) is 2.88. The number of nitrogens with zero attached hydrogens (tertiary/aromatic N) is 2. The third-order valence-corrected chi connectivity index (χ3v) is 4.94. The summed E-state index contributed by atoms with van der Waals surface area (Å²) < 4.78 is 0. The molecule has 3 rings (SSSR count). The van der Waals surface area contributed by atoms with Crippen molar-refractivity contribution in [2.45, 2.75) is 39.2 Å². The first-order valence-corrected chi connectivity index (χ1v) is 7.75. The van der Waals surface area contributed by atoms with Gasteiger partial charge in [0.1, 0.15) is 5.78 Å². The van der Waals surface area contributed by atoms with Crippen LogP contribution in [-0.2, 0) is 4.79 Å². The number of benzene rings is 1. The topological polar surface area (TPSA) is 23.6 Å². The van der Waals surface area contributed by atoms with Crippen LogP contribution < -0.4 is 4.90 Å². The van der Waals surface area contributed by atoms with Crippen LogP contribution in [0.4, 0.5) is 5.69 Å². The van der Waals surface area contributed by atoms with E-state index in [-0.39, 0.29) is 6.04 Å². The third kappa shape index (κ3) is 2.47. The van der Waals surface area contributed by atoms with Crippen LogP contribution in [0.3, 0.4) is 0 Å². The summed E-state index contributed by atoms with van der Waals surface area (Å²) in [5.41, 5.74) is 4.11. The summed E-state index contributed by atoms with van der Waals surface area (Å²) in [6.45, 7) is 8.49. The molecule has 108 valence electrons. The Kier molecular flexibility index (Phi) is 3.79. The van der Waals surface area contributed by atoms with Gasteiger partial charge in [-0.05, 0) is 43.9 Å². The van der Waals surface area contributed by atoms with Crippen LogP contribution in [0.2, 0.25) is 0 Å². The molecule has 1 unspecified atom stereocenters. The molecule has 2 fully saturated rings. The number of Topliss-reactive ketones (excluding diaryl/α,β-unsaturated/α-hetero) is 1. The van der Waals surface area contributed by atoms with Gasteiger partial charge in [-0.1, -0.05) is 12.1 Å². The van der Waals surface area contributed by atoms with E-state index < -0.39 is 0 Å². The molecule has 1 saturated heterocycles. The van der Waals surface area contributed by atoms with Gasteiger partial charge in [0.15, 0.2) is 0 Å². The van der Waals surface area contributed by atoms with Gasteiger partial charge in [-0.15, -0.1) is 0 Å². The average molecular weight is 272 g/mol. The van der Waals surface area contributed by atoms with Crippen LogP contribution in [0.5, 0.6) is 0 Å². The molecule has 0 spiro atoms. The van der Waals surface area contributed by atoms with Gasteiger partial charge >= 0.3 is 0 Å². The van der Waals surface area contributed by atoms with Crippen molar-refractivity contribution in [2.75, 3.05) is 31.1 Å². The molecular weight excluding hydrogens is 248 g/mol. The van der Waals surface area contributed by atoms with Crippen molar-refractivity contribution < 1.29 is 4.79 Å². The Balaban J connectivity index is 1.66. The number of aryl methyl sites for hydroxylation is 1. The molecule has 0 bridgehead atoms. The zero-order valence-electron chi connectivity index (χ0n) is 12.6. The molecular formula is C17H24N2O. The van der Waals surface area contributed by atoms with Crippen LogP contribution in [0.1, 0.15) is 30.4 Å². The maximum Gasteiger partial charge on any atom is 0.149 e. The first kappa shape index (κ1) is 13.6. The highest BCUT2D eigenvalue weighted by molar-refractivity contribution is 5.85. The van der Waals surface area contributed by atoms with E-state index >= 15 is 0 Å². The Morgan fingerprint density at radius 3 is 2.50 bits per heavy atom. The summed E-state index contributed by atoms with van der Waals surface area (Å²) in [6, 6.07) is 6.76. The molecule has 1 aliphatic carbocycles. The molecule has 1 aromatic rings. The predicted molar refractivity (Wildman–Crippen MR) is 82.3 cm³/mol. The number of piperazine rings is 1. The number of hydrogen-bond donors (Lipinski definition) is 0. The zero-order valence-corrected chi connectivity index (χ0v) is 12.6. The van der Waals surface area contributed by atoms with E-state index in [0.717, 1.165) is 45.4 Å². The lowest BCUT2D eigenvalue weighted by atomic mass is 10.1. The highest BCUT2D eigenvalue weighted by atomic mass is 16.1. The maximum atomic E-state index is 11.9. The normalized spacial score (nSPS) is 24.4. The first-order valence-electron chi connectivity index (χ1n) is 7.75. The standard InChI is InChI=1S/C17H24N2O/c1-13-5-3-6-15(14(13)2)18-9-11-19(12-10-18)16-7-4-8-17(16)20/h3,5-6,16H,4,7-12H2,1-2H3. The lowest BCUT2D eigenvalue weighted by Gasteiger charge is -2.39. The molecule has 1 aliphatic heterocycles. The number of anilines is 1. The molecule has 2 aliphatic rings. The van der Waals surface area contributed by atoms with Crippen LogP contribution >= 0.6 is 0 Å². The number of hydrogen-bond acceptors (Lipinski definition) is 3. The van der Waals surface area contributed by atoms with Gasteiger partial charge in [0.25, 0.3) is 0 Å². The SMILES string of the molecule is Cc1cccc(N2CCN(C3CCCC3=O)CC2)c1C. The van der Waals surface area contributed by atoms with Gasteiger partial charge in [-0.25, -0.2) is 0 Å². The fourth-order valence-corrected chi connectivity index (χ4v) is 3.54. The van der Waals surface area contributed by atoms with E-state index in [9.17, 15) is 4.79 Å². The second-order valence-electron chi connectivity index (χ2n) is 6.12. The quantitative estimate of drug-likeness (QED) is 0.826. The van der Waals surface area contributed by atoms with E-state index in [4.69, 9.17) is 0 Å². The fraction of sp³-hybridized carbons (Fsp3) is 0.588. The molecule has 1 saturated carbocycles. The molecule has 0 N–H and O–H groups in total. The van der Waals surface area contributed by atoms with Gasteiger partial charge in [-0.3, -0.25) is 9.69 Å². The monoisotopic (exact) mass is 272 g/mol. The van der Waals surface area contributed by atoms with Crippen LogP contribution in [0, 0.1) is 13.8 Å². The minimum Gasteiger partial charge on any atom is -0.369 e. The molecule has 1 aromatic carbocycles. The molecule has 0 aromatic heterocycles. The first-order chi connectivity index (χ1) is 9.66. The second kappa shape index (κ2) is 5.57. The Morgan fingerprint density at radius 2 is 1.85 bits per heavy atom. The number of ketones is 1. The summed E-state index contributed by atoms with van der Waals surface area (Å²) in [4.78, 5) is 16.7. The molecule has 3 nitrogen and oxygen atoms in total. The summed E-state index contributed by atoms with van der Waals surface area (Å²) in [5, 5.41) is 0. The van der Waals surface area contributed by atoms with Gasteiger partial charge in [0.05, 0.1) is 6.04 Å². The number of rotatable bonds is 2. The lowest BCUT2D eigenvalue weighted by Crippen LogP contribution is -2.51. The van der Waals surface area contributed by atoms with Crippen molar-refractivity contribution in [3.63, 3.8) is 0 Å². The minimum absolute atomic E-state index is 0.218. The van der Waals surface area contributed by atoms with Gasteiger partial charge in [0.2, 0.25) is 0 Å². The Hall–Kier alpha value is -1.35. The van der Waals surface area contributed by atoms with Crippen molar-refractivity contribution in [3.05, 3.63) is 29.3 Å². The molecule has 0 amide bonds. The minimum atomic E-state index is 0.218. The highest BCUT2D eigenvalue weighted by Crippen LogP contribution is 2.26. The Labute approximate surface area is 121 Å².